The number of piperazine rings is 1. The highest BCUT2D eigenvalue weighted by atomic mass is 15.2. The average molecular weight is 369 g/mol. The number of anilines is 1. The van der Waals surface area contributed by atoms with Gasteiger partial charge in [-0.05, 0) is 30.8 Å². The molecular weight excluding hydrogens is 346 g/mol. The molecule has 2 aromatic heterocycles. The third-order valence-electron chi connectivity index (χ3n) is 5.52. The summed E-state index contributed by atoms with van der Waals surface area (Å²) < 4.78 is 0. The first-order valence-electron chi connectivity index (χ1n) is 9.71. The van der Waals surface area contributed by atoms with Crippen molar-refractivity contribution in [3.63, 3.8) is 0 Å². The smallest absolute Gasteiger partial charge is 0.118 e. The lowest BCUT2D eigenvalue weighted by molar-refractivity contribution is 0.313. The van der Waals surface area contributed by atoms with Crippen LogP contribution in [0.1, 0.15) is 0 Å². The number of nitrogens with zero attached hydrogens (tertiary/aromatic N) is 4. The highest BCUT2D eigenvalue weighted by Gasteiger charge is 2.15. The Balaban J connectivity index is 1.43. The molecule has 1 N–H and O–H groups in total. The van der Waals surface area contributed by atoms with Crippen LogP contribution >= 0.6 is 0 Å². The summed E-state index contributed by atoms with van der Waals surface area (Å²) in [7, 11) is 2.18. The molecule has 0 saturated carbocycles. The van der Waals surface area contributed by atoms with Crippen molar-refractivity contribution in [2.24, 2.45) is 0 Å². The Kier molecular flexibility index (Phi) is 4.29. The van der Waals surface area contributed by atoms with Crippen LogP contribution in [0.4, 0.5) is 5.69 Å². The van der Waals surface area contributed by atoms with Gasteiger partial charge in [-0.25, -0.2) is 0 Å². The molecule has 0 spiro atoms. The highest BCUT2D eigenvalue weighted by Crippen LogP contribution is 2.29. The lowest BCUT2D eigenvalue weighted by Crippen LogP contribution is -2.44. The number of aromatic amines is 1. The summed E-state index contributed by atoms with van der Waals surface area (Å²) in [6.07, 6.45) is 1.93. The molecule has 0 radical (unpaired) electrons. The van der Waals surface area contributed by atoms with E-state index in [1.807, 2.05) is 24.4 Å². The molecule has 0 atom stereocenters. The van der Waals surface area contributed by atoms with Crippen molar-refractivity contribution in [1.82, 2.24) is 20.1 Å². The van der Waals surface area contributed by atoms with Crippen molar-refractivity contribution in [1.29, 1.82) is 0 Å². The van der Waals surface area contributed by atoms with E-state index in [-0.39, 0.29) is 0 Å². The number of hydrogen-bond acceptors (Lipinski definition) is 4. The Morgan fingerprint density at radius 3 is 2.32 bits per heavy atom. The van der Waals surface area contributed by atoms with Crippen LogP contribution in [0.25, 0.3) is 33.4 Å². The molecule has 4 aromatic rings. The first-order chi connectivity index (χ1) is 13.8. The van der Waals surface area contributed by atoms with E-state index in [0.29, 0.717) is 0 Å². The molecule has 1 aliphatic heterocycles. The van der Waals surface area contributed by atoms with E-state index in [4.69, 9.17) is 4.98 Å². The molecule has 1 fully saturated rings. The monoisotopic (exact) mass is 369 g/mol. The Morgan fingerprint density at radius 1 is 0.821 bits per heavy atom. The van der Waals surface area contributed by atoms with Crippen molar-refractivity contribution < 1.29 is 0 Å². The van der Waals surface area contributed by atoms with Gasteiger partial charge < -0.3 is 9.80 Å². The van der Waals surface area contributed by atoms with Crippen LogP contribution in [-0.4, -0.2) is 53.3 Å². The van der Waals surface area contributed by atoms with E-state index in [0.717, 1.165) is 59.6 Å². The first kappa shape index (κ1) is 17.0. The quantitative estimate of drug-likeness (QED) is 0.592. The maximum Gasteiger partial charge on any atom is 0.118 e. The predicted molar refractivity (Wildman–Crippen MR) is 114 cm³/mol. The summed E-state index contributed by atoms with van der Waals surface area (Å²) in [5.41, 5.74) is 7.38. The van der Waals surface area contributed by atoms with Gasteiger partial charge >= 0.3 is 0 Å². The molecule has 28 heavy (non-hydrogen) atoms. The minimum atomic E-state index is 0.902. The third-order valence-corrected chi connectivity index (χ3v) is 5.52. The molecule has 5 nitrogen and oxygen atoms in total. The summed E-state index contributed by atoms with van der Waals surface area (Å²) in [4.78, 5) is 9.52. The summed E-state index contributed by atoms with van der Waals surface area (Å²) in [5.74, 6) is 0. The summed E-state index contributed by atoms with van der Waals surface area (Å²) in [6.45, 7) is 4.37. The third kappa shape index (κ3) is 3.14. The standard InChI is InChI=1S/C23H23N5/c1-27-11-13-28(14-12-27)20-9-7-18(8-10-20)22-23-21(25-26-22)15-19(16-24-23)17-5-3-2-4-6-17/h2-10,15-16H,11-14H2,1H3,(H,25,26). The van der Waals surface area contributed by atoms with Gasteiger partial charge in [0, 0.05) is 49.2 Å². The van der Waals surface area contributed by atoms with Crippen molar-refractivity contribution in [2.45, 2.75) is 0 Å². The highest BCUT2D eigenvalue weighted by molar-refractivity contribution is 5.91. The molecule has 5 heteroatoms. The maximum atomic E-state index is 4.70. The van der Waals surface area contributed by atoms with Gasteiger partial charge in [-0.15, -0.1) is 0 Å². The Hall–Kier alpha value is -3.18. The molecule has 140 valence electrons. The van der Waals surface area contributed by atoms with Crippen molar-refractivity contribution in [3.05, 3.63) is 66.9 Å². The molecule has 0 unspecified atom stereocenters. The zero-order valence-corrected chi connectivity index (χ0v) is 16.0. The fraction of sp³-hybridized carbons (Fsp3) is 0.217. The van der Waals surface area contributed by atoms with Crippen LogP contribution in [0.15, 0.2) is 66.9 Å². The molecule has 0 bridgehead atoms. The molecular formula is C23H23N5. The molecule has 2 aromatic carbocycles. The fourth-order valence-electron chi connectivity index (χ4n) is 3.79. The van der Waals surface area contributed by atoms with Gasteiger partial charge in [0.25, 0.3) is 0 Å². The number of nitrogens with one attached hydrogen (secondary N) is 1. The second-order valence-electron chi connectivity index (χ2n) is 7.40. The topological polar surface area (TPSA) is 48.0 Å². The van der Waals surface area contributed by atoms with E-state index >= 15 is 0 Å². The zero-order chi connectivity index (χ0) is 18.9. The first-order valence-corrected chi connectivity index (χ1v) is 9.71. The fourth-order valence-corrected chi connectivity index (χ4v) is 3.79. The summed E-state index contributed by atoms with van der Waals surface area (Å²) in [6, 6.07) is 21.1. The van der Waals surface area contributed by atoms with E-state index in [1.165, 1.54) is 5.69 Å². The zero-order valence-electron chi connectivity index (χ0n) is 16.0. The van der Waals surface area contributed by atoms with Crippen LogP contribution in [0, 0.1) is 0 Å². The lowest BCUT2D eigenvalue weighted by atomic mass is 10.1. The van der Waals surface area contributed by atoms with Crippen molar-refractivity contribution in [2.75, 3.05) is 38.1 Å². The van der Waals surface area contributed by atoms with Gasteiger partial charge in [0.2, 0.25) is 0 Å². The van der Waals surface area contributed by atoms with Crippen LogP contribution in [0.5, 0.6) is 0 Å². The second-order valence-corrected chi connectivity index (χ2v) is 7.40. The van der Waals surface area contributed by atoms with E-state index in [2.05, 4.69) is 69.5 Å². The minimum absolute atomic E-state index is 0.902. The molecule has 5 rings (SSSR count). The summed E-state index contributed by atoms with van der Waals surface area (Å²) in [5, 5.41) is 7.70. The van der Waals surface area contributed by atoms with Gasteiger partial charge in [-0.1, -0.05) is 42.5 Å². The molecule has 0 amide bonds. The van der Waals surface area contributed by atoms with Crippen LogP contribution < -0.4 is 4.90 Å². The Bertz CT molecular complexity index is 1080. The van der Waals surface area contributed by atoms with Crippen molar-refractivity contribution in [3.8, 4) is 22.4 Å². The van der Waals surface area contributed by atoms with Crippen LogP contribution in [-0.2, 0) is 0 Å². The second kappa shape index (κ2) is 7.09. The van der Waals surface area contributed by atoms with Gasteiger partial charge in [0.05, 0.1) is 5.52 Å². The number of rotatable bonds is 3. The van der Waals surface area contributed by atoms with Gasteiger partial charge in [0.1, 0.15) is 11.2 Å². The van der Waals surface area contributed by atoms with E-state index in [9.17, 15) is 0 Å². The van der Waals surface area contributed by atoms with Gasteiger partial charge in [0.15, 0.2) is 0 Å². The summed E-state index contributed by atoms with van der Waals surface area (Å²) >= 11 is 0. The van der Waals surface area contributed by atoms with Gasteiger partial charge in [-0.3, -0.25) is 10.1 Å². The number of pyridine rings is 1. The Labute approximate surface area is 164 Å². The molecule has 1 aliphatic rings. The number of benzene rings is 2. The van der Waals surface area contributed by atoms with Crippen LogP contribution in [0.2, 0.25) is 0 Å². The normalized spacial score (nSPS) is 15.2. The van der Waals surface area contributed by atoms with Gasteiger partial charge in [-0.2, -0.15) is 5.10 Å². The average Bonchev–Trinajstić information content (AvgIpc) is 3.18. The SMILES string of the molecule is CN1CCN(c2ccc(-c3n[nH]c4cc(-c5ccccc5)cnc34)cc2)CC1. The van der Waals surface area contributed by atoms with Crippen LogP contribution in [0.3, 0.4) is 0 Å². The minimum Gasteiger partial charge on any atom is -0.369 e. The molecule has 3 heterocycles. The molecule has 0 aliphatic carbocycles. The van der Waals surface area contributed by atoms with E-state index in [1.54, 1.807) is 0 Å². The Morgan fingerprint density at radius 2 is 1.57 bits per heavy atom. The van der Waals surface area contributed by atoms with E-state index < -0.39 is 0 Å². The number of fused-ring (bicyclic) bond motifs is 1. The molecule has 1 saturated heterocycles. The number of H-pyrrole nitrogens is 1. The number of aromatic nitrogens is 3. The maximum absolute atomic E-state index is 4.70. The largest absolute Gasteiger partial charge is 0.369 e. The number of hydrogen-bond donors (Lipinski definition) is 1. The van der Waals surface area contributed by atoms with Crippen molar-refractivity contribution >= 4 is 16.7 Å². The number of likely N-dealkylation sites (N-methyl/N-ethyl adjacent to an activating group) is 1. The predicted octanol–water partition coefficient (Wildman–Crippen LogP) is 4.04. The lowest BCUT2D eigenvalue weighted by Gasteiger charge is -2.34.